The Labute approximate surface area is 78.6 Å². The van der Waals surface area contributed by atoms with Crippen molar-refractivity contribution in [3.63, 3.8) is 0 Å². The molecule has 0 unspecified atom stereocenters. The van der Waals surface area contributed by atoms with E-state index >= 15 is 0 Å². The predicted octanol–water partition coefficient (Wildman–Crippen LogP) is 0.299. The van der Waals surface area contributed by atoms with E-state index in [1.807, 2.05) is 0 Å². The molecule has 2 aliphatic rings. The monoisotopic (exact) mass is 191 g/mol. The average molecular weight is 191 g/mol. The first-order chi connectivity index (χ1) is 6.77. The summed E-state index contributed by atoms with van der Waals surface area (Å²) >= 11 is 0. The fraction of sp³-hybridized carbons (Fsp3) is 0.111. The number of benzene rings is 1. The number of hydrogen-bond donors (Lipinski definition) is 1. The van der Waals surface area contributed by atoms with Gasteiger partial charge in [0.1, 0.15) is 0 Å². The van der Waals surface area contributed by atoms with E-state index in [4.69, 9.17) is 9.47 Å². The minimum atomic E-state index is -0.424. The third kappa shape index (κ3) is 0.736. The summed E-state index contributed by atoms with van der Waals surface area (Å²) in [4.78, 5) is 22.6. The fourth-order valence-corrected chi connectivity index (χ4v) is 1.62. The first kappa shape index (κ1) is 7.37. The molecule has 1 N–H and O–H groups in total. The molecular formula is C9H5NO4. The zero-order valence-electron chi connectivity index (χ0n) is 6.99. The summed E-state index contributed by atoms with van der Waals surface area (Å²) in [5, 5.41) is 2.20. The molecule has 2 aliphatic heterocycles. The van der Waals surface area contributed by atoms with Gasteiger partial charge in [0, 0.05) is 0 Å². The van der Waals surface area contributed by atoms with Gasteiger partial charge in [0.05, 0.1) is 11.1 Å². The summed E-state index contributed by atoms with van der Waals surface area (Å²) in [6, 6.07) is 3.18. The molecule has 1 aromatic carbocycles. The summed E-state index contributed by atoms with van der Waals surface area (Å²) in [5.74, 6) is 0.0649. The van der Waals surface area contributed by atoms with Gasteiger partial charge in [0.25, 0.3) is 11.8 Å². The minimum absolute atomic E-state index is 0.0905. The molecule has 0 aliphatic carbocycles. The van der Waals surface area contributed by atoms with Crippen LogP contribution in [0.15, 0.2) is 12.1 Å². The molecule has 0 aromatic heterocycles. The Bertz CT molecular complexity index is 466. The van der Waals surface area contributed by atoms with Crippen molar-refractivity contribution in [1.82, 2.24) is 5.32 Å². The number of imide groups is 1. The summed E-state index contributed by atoms with van der Waals surface area (Å²) < 4.78 is 10.2. The Kier molecular flexibility index (Phi) is 1.19. The van der Waals surface area contributed by atoms with Crippen LogP contribution in [0.3, 0.4) is 0 Å². The van der Waals surface area contributed by atoms with Crippen LogP contribution in [-0.2, 0) is 0 Å². The highest BCUT2D eigenvalue weighted by Crippen LogP contribution is 2.38. The van der Waals surface area contributed by atoms with Crippen LogP contribution in [0.1, 0.15) is 20.7 Å². The lowest BCUT2D eigenvalue weighted by molar-refractivity contribution is 0.0878. The third-order valence-corrected chi connectivity index (χ3v) is 2.24. The summed E-state index contributed by atoms with van der Waals surface area (Å²) in [6.07, 6.45) is 0. The van der Waals surface area contributed by atoms with E-state index in [1.165, 1.54) is 0 Å². The van der Waals surface area contributed by atoms with Crippen LogP contribution in [-0.4, -0.2) is 18.6 Å². The summed E-state index contributed by atoms with van der Waals surface area (Å²) in [5.41, 5.74) is 0.629. The first-order valence-corrected chi connectivity index (χ1v) is 4.05. The molecule has 70 valence electrons. The van der Waals surface area contributed by atoms with Crippen LogP contribution in [0.4, 0.5) is 0 Å². The molecule has 0 fully saturated rings. The highest BCUT2D eigenvalue weighted by Gasteiger charge is 2.34. The molecule has 0 saturated carbocycles. The van der Waals surface area contributed by atoms with Gasteiger partial charge in [-0.2, -0.15) is 0 Å². The normalized spacial score (nSPS) is 16.9. The molecule has 0 saturated heterocycles. The Hall–Kier alpha value is -2.04. The van der Waals surface area contributed by atoms with Crippen molar-refractivity contribution < 1.29 is 19.1 Å². The fourth-order valence-electron chi connectivity index (χ4n) is 1.62. The van der Waals surface area contributed by atoms with Gasteiger partial charge in [-0.05, 0) is 12.1 Å². The van der Waals surface area contributed by atoms with Gasteiger partial charge in [-0.25, -0.2) is 0 Å². The van der Waals surface area contributed by atoms with Crippen molar-refractivity contribution in [3.8, 4) is 11.5 Å². The maximum atomic E-state index is 11.4. The standard InChI is InChI=1S/C9H5NO4/c11-8-4-1-2-5-7(14-3-13-5)6(4)9(12)10-8/h1-2H,3H2,(H,10,11,12). The second kappa shape index (κ2) is 2.25. The van der Waals surface area contributed by atoms with Crippen LogP contribution in [0, 0.1) is 0 Å². The minimum Gasteiger partial charge on any atom is -0.454 e. The van der Waals surface area contributed by atoms with E-state index in [9.17, 15) is 9.59 Å². The molecule has 2 heterocycles. The van der Waals surface area contributed by atoms with Gasteiger partial charge < -0.3 is 9.47 Å². The van der Waals surface area contributed by atoms with Crippen molar-refractivity contribution in [1.29, 1.82) is 0 Å². The van der Waals surface area contributed by atoms with E-state index < -0.39 is 5.91 Å². The number of rotatable bonds is 0. The van der Waals surface area contributed by atoms with Gasteiger partial charge in [-0.3, -0.25) is 14.9 Å². The second-order valence-corrected chi connectivity index (χ2v) is 3.01. The number of carbonyl (C=O) groups excluding carboxylic acids is 2. The smallest absolute Gasteiger partial charge is 0.262 e. The molecule has 0 radical (unpaired) electrons. The molecule has 0 spiro atoms. The molecule has 5 heteroatoms. The Morgan fingerprint density at radius 3 is 2.86 bits per heavy atom. The highest BCUT2D eigenvalue weighted by molar-refractivity contribution is 6.23. The van der Waals surface area contributed by atoms with Crippen molar-refractivity contribution in [2.75, 3.05) is 6.79 Å². The number of fused-ring (bicyclic) bond motifs is 3. The number of amides is 2. The number of hydrogen-bond acceptors (Lipinski definition) is 4. The quantitative estimate of drug-likeness (QED) is 0.599. The lowest BCUT2D eigenvalue weighted by Crippen LogP contribution is -2.20. The molecular weight excluding hydrogens is 186 g/mol. The maximum absolute atomic E-state index is 11.4. The number of ether oxygens (including phenoxy) is 2. The van der Waals surface area contributed by atoms with E-state index in [-0.39, 0.29) is 18.3 Å². The van der Waals surface area contributed by atoms with E-state index in [1.54, 1.807) is 12.1 Å². The van der Waals surface area contributed by atoms with Crippen LogP contribution < -0.4 is 14.8 Å². The number of carbonyl (C=O) groups is 2. The molecule has 3 rings (SSSR count). The Morgan fingerprint density at radius 1 is 1.14 bits per heavy atom. The second-order valence-electron chi connectivity index (χ2n) is 3.01. The summed E-state index contributed by atoms with van der Waals surface area (Å²) in [7, 11) is 0. The predicted molar refractivity (Wildman–Crippen MR) is 44.4 cm³/mol. The lowest BCUT2D eigenvalue weighted by Gasteiger charge is -1.99. The van der Waals surface area contributed by atoms with E-state index in [2.05, 4.69) is 5.32 Å². The molecule has 1 aromatic rings. The third-order valence-electron chi connectivity index (χ3n) is 2.24. The van der Waals surface area contributed by atoms with Crippen LogP contribution in [0.25, 0.3) is 0 Å². The Morgan fingerprint density at radius 2 is 2.00 bits per heavy atom. The molecule has 0 atom stereocenters. The number of nitrogens with one attached hydrogen (secondary N) is 1. The molecule has 5 nitrogen and oxygen atoms in total. The molecule has 14 heavy (non-hydrogen) atoms. The maximum Gasteiger partial charge on any atom is 0.262 e. The zero-order valence-corrected chi connectivity index (χ0v) is 6.99. The lowest BCUT2D eigenvalue weighted by atomic mass is 10.1. The van der Waals surface area contributed by atoms with Gasteiger partial charge in [-0.1, -0.05) is 0 Å². The largest absolute Gasteiger partial charge is 0.454 e. The summed E-state index contributed by atoms with van der Waals surface area (Å²) in [6.45, 7) is 0.0905. The zero-order chi connectivity index (χ0) is 9.71. The van der Waals surface area contributed by atoms with Crippen LogP contribution in [0.2, 0.25) is 0 Å². The highest BCUT2D eigenvalue weighted by atomic mass is 16.7. The van der Waals surface area contributed by atoms with Gasteiger partial charge >= 0.3 is 0 Å². The first-order valence-electron chi connectivity index (χ1n) is 4.05. The SMILES string of the molecule is O=C1NC(=O)c2c1ccc1c2OCO1. The molecule has 2 amide bonds. The van der Waals surface area contributed by atoms with E-state index in [0.29, 0.717) is 17.1 Å². The van der Waals surface area contributed by atoms with Crippen molar-refractivity contribution in [2.24, 2.45) is 0 Å². The van der Waals surface area contributed by atoms with Crippen LogP contribution >= 0.6 is 0 Å². The average Bonchev–Trinajstić information content (AvgIpc) is 2.71. The van der Waals surface area contributed by atoms with Crippen LogP contribution in [0.5, 0.6) is 11.5 Å². The van der Waals surface area contributed by atoms with Gasteiger partial charge in [0.15, 0.2) is 11.5 Å². The molecule has 0 bridgehead atoms. The Balaban J connectivity index is 2.33. The van der Waals surface area contributed by atoms with Gasteiger partial charge in [-0.15, -0.1) is 0 Å². The van der Waals surface area contributed by atoms with Crippen molar-refractivity contribution in [2.45, 2.75) is 0 Å². The topological polar surface area (TPSA) is 64.6 Å². The van der Waals surface area contributed by atoms with Crippen molar-refractivity contribution in [3.05, 3.63) is 23.3 Å². The van der Waals surface area contributed by atoms with Crippen molar-refractivity contribution >= 4 is 11.8 Å². The van der Waals surface area contributed by atoms with Gasteiger partial charge in [0.2, 0.25) is 6.79 Å². The van der Waals surface area contributed by atoms with E-state index in [0.717, 1.165) is 0 Å².